The van der Waals surface area contributed by atoms with Gasteiger partial charge in [-0.1, -0.05) is 6.07 Å². The van der Waals surface area contributed by atoms with E-state index in [0.29, 0.717) is 5.69 Å². The van der Waals surface area contributed by atoms with Gasteiger partial charge in [-0.25, -0.2) is 4.57 Å². The second-order valence-corrected chi connectivity index (χ2v) is 4.33. The van der Waals surface area contributed by atoms with E-state index in [9.17, 15) is 13.2 Å². The molecule has 1 aromatic carbocycles. The first-order valence-electron chi connectivity index (χ1n) is 5.52. The SMILES string of the molecule is Cc1ccc(C(F)(F)F)cc1-n1cc[n+](C)c1C. The highest BCUT2D eigenvalue weighted by molar-refractivity contribution is 5.44. The van der Waals surface area contributed by atoms with Crippen molar-refractivity contribution in [3.8, 4) is 5.69 Å². The summed E-state index contributed by atoms with van der Waals surface area (Å²) in [5.41, 5.74) is 0.740. The van der Waals surface area contributed by atoms with E-state index in [1.165, 1.54) is 12.1 Å². The summed E-state index contributed by atoms with van der Waals surface area (Å²) in [6.07, 6.45) is -0.738. The summed E-state index contributed by atoms with van der Waals surface area (Å²) in [7, 11) is 1.86. The monoisotopic (exact) mass is 255 g/mol. The van der Waals surface area contributed by atoms with Crippen LogP contribution in [-0.4, -0.2) is 4.57 Å². The highest BCUT2D eigenvalue weighted by atomic mass is 19.4. The molecule has 0 fully saturated rings. The van der Waals surface area contributed by atoms with E-state index in [-0.39, 0.29) is 0 Å². The molecule has 0 spiro atoms. The van der Waals surface area contributed by atoms with Crippen molar-refractivity contribution in [2.24, 2.45) is 7.05 Å². The molecule has 0 aliphatic rings. The molecule has 0 unspecified atom stereocenters. The van der Waals surface area contributed by atoms with E-state index in [4.69, 9.17) is 0 Å². The molecule has 0 aliphatic heterocycles. The van der Waals surface area contributed by atoms with Gasteiger partial charge >= 0.3 is 6.18 Å². The molecule has 0 bridgehead atoms. The quantitative estimate of drug-likeness (QED) is 0.693. The fourth-order valence-corrected chi connectivity index (χ4v) is 1.85. The molecule has 0 radical (unpaired) electrons. The minimum atomic E-state index is -4.31. The minimum Gasteiger partial charge on any atom is -0.237 e. The zero-order valence-electron chi connectivity index (χ0n) is 10.4. The molecule has 1 aromatic heterocycles. The summed E-state index contributed by atoms with van der Waals surface area (Å²) in [4.78, 5) is 0. The molecular weight excluding hydrogens is 241 g/mol. The molecule has 96 valence electrons. The molecule has 0 saturated heterocycles. The third-order valence-corrected chi connectivity index (χ3v) is 3.09. The summed E-state index contributed by atoms with van der Waals surface area (Å²) in [6, 6.07) is 3.79. The summed E-state index contributed by atoms with van der Waals surface area (Å²) >= 11 is 0. The Hall–Kier alpha value is -1.78. The van der Waals surface area contributed by atoms with Gasteiger partial charge in [-0.15, -0.1) is 0 Å². The standard InChI is InChI=1S/C13H14F3N2/c1-9-4-5-11(13(14,15)16)8-12(9)18-7-6-17(3)10(18)2/h4-8H,1-3H3/q+1. The van der Waals surface area contributed by atoms with E-state index < -0.39 is 11.7 Å². The van der Waals surface area contributed by atoms with Crippen LogP contribution < -0.4 is 4.57 Å². The first-order valence-corrected chi connectivity index (χ1v) is 5.52. The Labute approximate surface area is 103 Å². The number of benzene rings is 1. The van der Waals surface area contributed by atoms with E-state index in [2.05, 4.69) is 0 Å². The topological polar surface area (TPSA) is 8.81 Å². The highest BCUT2D eigenvalue weighted by Crippen LogP contribution is 2.31. The molecule has 2 rings (SSSR count). The van der Waals surface area contributed by atoms with Gasteiger partial charge in [0.15, 0.2) is 0 Å². The molecule has 2 aromatic rings. The number of halogens is 3. The molecular formula is C13H14F3N2+. The number of hydrogen-bond donors (Lipinski definition) is 0. The van der Waals surface area contributed by atoms with Crippen molar-refractivity contribution in [1.82, 2.24) is 4.57 Å². The van der Waals surface area contributed by atoms with Gasteiger partial charge in [-0.2, -0.15) is 17.7 Å². The van der Waals surface area contributed by atoms with E-state index >= 15 is 0 Å². The number of imidazole rings is 1. The summed E-state index contributed by atoms with van der Waals surface area (Å²) in [5.74, 6) is 0.873. The van der Waals surface area contributed by atoms with Gasteiger partial charge in [-0.3, -0.25) is 0 Å². The highest BCUT2D eigenvalue weighted by Gasteiger charge is 2.31. The first kappa shape index (κ1) is 12.7. The van der Waals surface area contributed by atoms with Crippen LogP contribution in [-0.2, 0) is 13.2 Å². The molecule has 2 nitrogen and oxygen atoms in total. The fraction of sp³-hybridized carbons (Fsp3) is 0.308. The Morgan fingerprint density at radius 3 is 2.33 bits per heavy atom. The number of hydrogen-bond acceptors (Lipinski definition) is 0. The minimum absolute atomic E-state index is 0.558. The lowest BCUT2D eigenvalue weighted by molar-refractivity contribution is -0.677. The third kappa shape index (κ3) is 2.12. The normalized spacial score (nSPS) is 11.9. The third-order valence-electron chi connectivity index (χ3n) is 3.09. The molecule has 0 saturated carbocycles. The number of nitrogens with zero attached hydrogens (tertiary/aromatic N) is 2. The van der Waals surface area contributed by atoms with Crippen molar-refractivity contribution in [3.05, 3.63) is 47.5 Å². The fourth-order valence-electron chi connectivity index (χ4n) is 1.85. The Morgan fingerprint density at radius 2 is 1.83 bits per heavy atom. The zero-order chi connectivity index (χ0) is 13.5. The molecule has 0 N–H and O–H groups in total. The number of rotatable bonds is 1. The lowest BCUT2D eigenvalue weighted by Gasteiger charge is -2.09. The summed E-state index contributed by atoms with van der Waals surface area (Å²) < 4.78 is 41.7. The van der Waals surface area contributed by atoms with Crippen molar-refractivity contribution < 1.29 is 17.7 Å². The average molecular weight is 255 g/mol. The molecule has 5 heteroatoms. The van der Waals surface area contributed by atoms with Crippen LogP contribution in [0.15, 0.2) is 30.6 Å². The molecule has 0 aliphatic carbocycles. The Kier molecular flexibility index (Phi) is 2.92. The number of aryl methyl sites for hydroxylation is 2. The van der Waals surface area contributed by atoms with Crippen LogP contribution in [0.25, 0.3) is 5.69 Å². The number of alkyl halides is 3. The second-order valence-electron chi connectivity index (χ2n) is 4.33. The van der Waals surface area contributed by atoms with Crippen LogP contribution in [0, 0.1) is 13.8 Å². The lowest BCUT2D eigenvalue weighted by atomic mass is 10.1. The van der Waals surface area contributed by atoms with Crippen LogP contribution in [0.2, 0.25) is 0 Å². The molecule has 1 heterocycles. The van der Waals surface area contributed by atoms with Crippen molar-refractivity contribution in [3.63, 3.8) is 0 Å². The van der Waals surface area contributed by atoms with Crippen LogP contribution in [0.1, 0.15) is 17.0 Å². The Bertz CT molecular complexity index is 582. The van der Waals surface area contributed by atoms with Crippen molar-refractivity contribution >= 4 is 0 Å². The van der Waals surface area contributed by atoms with Crippen molar-refractivity contribution in [2.45, 2.75) is 20.0 Å². The Balaban J connectivity index is 2.61. The van der Waals surface area contributed by atoms with Gasteiger partial charge < -0.3 is 0 Å². The van der Waals surface area contributed by atoms with Gasteiger partial charge in [0, 0.05) is 6.92 Å². The molecule has 0 amide bonds. The van der Waals surface area contributed by atoms with Crippen LogP contribution in [0.3, 0.4) is 0 Å². The summed E-state index contributed by atoms with van der Waals surface area (Å²) in [5, 5.41) is 0. The zero-order valence-corrected chi connectivity index (χ0v) is 10.4. The molecule has 0 atom stereocenters. The van der Waals surface area contributed by atoms with Crippen molar-refractivity contribution in [1.29, 1.82) is 0 Å². The van der Waals surface area contributed by atoms with Gasteiger partial charge in [0.05, 0.1) is 12.6 Å². The van der Waals surface area contributed by atoms with Gasteiger partial charge in [0.1, 0.15) is 18.1 Å². The smallest absolute Gasteiger partial charge is 0.237 e. The van der Waals surface area contributed by atoms with Gasteiger partial charge in [-0.05, 0) is 24.6 Å². The average Bonchev–Trinajstić information content (AvgIpc) is 2.59. The number of aromatic nitrogens is 2. The first-order chi connectivity index (χ1) is 8.30. The largest absolute Gasteiger partial charge is 0.416 e. The maximum atomic E-state index is 12.7. The van der Waals surface area contributed by atoms with E-state index in [0.717, 1.165) is 17.5 Å². The van der Waals surface area contributed by atoms with Crippen molar-refractivity contribution in [2.75, 3.05) is 0 Å². The van der Waals surface area contributed by atoms with Crippen LogP contribution in [0.5, 0.6) is 0 Å². The maximum Gasteiger partial charge on any atom is 0.416 e. The van der Waals surface area contributed by atoms with Crippen LogP contribution >= 0.6 is 0 Å². The van der Waals surface area contributed by atoms with Gasteiger partial charge in [0.25, 0.3) is 5.82 Å². The van der Waals surface area contributed by atoms with Crippen LogP contribution in [0.4, 0.5) is 13.2 Å². The Morgan fingerprint density at radius 1 is 1.17 bits per heavy atom. The predicted molar refractivity (Wildman–Crippen MR) is 61.4 cm³/mol. The summed E-state index contributed by atoms with van der Waals surface area (Å²) in [6.45, 7) is 3.66. The van der Waals surface area contributed by atoms with Gasteiger partial charge in [0.2, 0.25) is 0 Å². The lowest BCUT2D eigenvalue weighted by Crippen LogP contribution is -2.29. The van der Waals surface area contributed by atoms with E-state index in [1.807, 2.05) is 24.7 Å². The predicted octanol–water partition coefficient (Wildman–Crippen LogP) is 2.94. The second kappa shape index (κ2) is 4.15. The molecule has 18 heavy (non-hydrogen) atoms. The maximum absolute atomic E-state index is 12.7. The van der Waals surface area contributed by atoms with E-state index in [1.54, 1.807) is 17.7 Å².